The average Bonchev–Trinajstić information content (AvgIpc) is 3.80. The summed E-state index contributed by atoms with van der Waals surface area (Å²) in [6.45, 7) is 10.8. The molecule has 15 heteroatoms. The van der Waals surface area contributed by atoms with Crippen molar-refractivity contribution in [3.63, 3.8) is 0 Å². The molecule has 5 atom stereocenters. The molecule has 2 aromatic carbocycles. The third kappa shape index (κ3) is 14.6. The van der Waals surface area contributed by atoms with Crippen LogP contribution >= 0.6 is 11.3 Å². The molecule has 0 saturated carbocycles. The quantitative estimate of drug-likeness (QED) is 0.0936. The van der Waals surface area contributed by atoms with Crippen LogP contribution in [0.2, 0.25) is 0 Å². The summed E-state index contributed by atoms with van der Waals surface area (Å²) in [4.78, 5) is 57.9. The van der Waals surface area contributed by atoms with Gasteiger partial charge in [0.25, 0.3) is 0 Å². The summed E-state index contributed by atoms with van der Waals surface area (Å²) in [7, 11) is 0. The van der Waals surface area contributed by atoms with E-state index < -0.39 is 35.4 Å². The lowest BCUT2D eigenvalue weighted by Gasteiger charge is -2.35. The molecule has 0 aliphatic carbocycles. The molecule has 14 nitrogen and oxygen atoms in total. The van der Waals surface area contributed by atoms with Crippen molar-refractivity contribution in [1.29, 1.82) is 0 Å². The first-order chi connectivity index (χ1) is 27.1. The topological polar surface area (TPSA) is 208 Å². The van der Waals surface area contributed by atoms with Gasteiger partial charge in [0.15, 0.2) is 0 Å². The number of nitrogens with zero attached hydrogens (tertiary/aromatic N) is 2. The van der Waals surface area contributed by atoms with Gasteiger partial charge in [0.2, 0.25) is 23.6 Å². The van der Waals surface area contributed by atoms with Crippen LogP contribution in [0.4, 0.5) is 0 Å². The number of aliphatic hydroxyl groups is 1. The summed E-state index contributed by atoms with van der Waals surface area (Å²) < 4.78 is 17.1. The summed E-state index contributed by atoms with van der Waals surface area (Å²) in [6, 6.07) is 13.9. The number of hydrogen-bond acceptors (Lipinski definition) is 11. The summed E-state index contributed by atoms with van der Waals surface area (Å²) in [6.07, 6.45) is 1.42. The highest BCUT2D eigenvalue weighted by molar-refractivity contribution is 7.13. The van der Waals surface area contributed by atoms with Gasteiger partial charge in [0.1, 0.15) is 18.7 Å². The molecule has 1 aromatic heterocycles. The molecule has 0 bridgehead atoms. The Kier molecular flexibility index (Phi) is 17.6. The maximum Gasteiger partial charge on any atom is 0.246 e. The Morgan fingerprint density at radius 3 is 2.32 bits per heavy atom. The lowest BCUT2D eigenvalue weighted by molar-refractivity contribution is -0.144. The van der Waals surface area contributed by atoms with Crippen molar-refractivity contribution < 1.29 is 38.5 Å². The highest BCUT2D eigenvalue weighted by Gasteiger charge is 2.44. The molecule has 1 fully saturated rings. The molecule has 1 saturated heterocycles. The van der Waals surface area contributed by atoms with Crippen LogP contribution in [0, 0.1) is 12.3 Å². The van der Waals surface area contributed by atoms with E-state index in [2.05, 4.69) is 27.8 Å². The van der Waals surface area contributed by atoms with Gasteiger partial charge in [-0.15, -0.1) is 11.3 Å². The van der Waals surface area contributed by atoms with Crippen LogP contribution in [0.3, 0.4) is 0 Å². The fraction of sp³-hybridized carbons (Fsp3) is 0.548. The fourth-order valence-corrected chi connectivity index (χ4v) is 7.25. The number of primary amides is 1. The average molecular weight is 809 g/mol. The second-order valence-electron chi connectivity index (χ2n) is 15.7. The minimum atomic E-state index is -0.948. The lowest BCUT2D eigenvalue weighted by atomic mass is 9.85. The molecule has 0 unspecified atom stereocenters. The Labute approximate surface area is 340 Å². The number of thiazole rings is 1. The number of carbonyl (C=O) groups excluding carboxylic acids is 4. The fourth-order valence-electron chi connectivity index (χ4n) is 6.44. The number of likely N-dealkylation sites (tertiary alicyclic amines) is 1. The van der Waals surface area contributed by atoms with Crippen molar-refractivity contribution in [2.24, 2.45) is 16.9 Å². The lowest BCUT2D eigenvalue weighted by Crippen LogP contribution is -2.58. The Bertz CT molecular complexity index is 1750. The molecule has 1 aliphatic rings. The summed E-state index contributed by atoms with van der Waals surface area (Å²) >= 11 is 1.57. The number of nitrogens with two attached hydrogens (primary N) is 2. The predicted octanol–water partition coefficient (Wildman–Crippen LogP) is 3.39. The maximum atomic E-state index is 13.9. The highest BCUT2D eigenvalue weighted by atomic mass is 32.1. The number of β-amino-alcohol motifs (C(OH)–C–C–N with tert-alkyl or cyclic N) is 1. The minimum absolute atomic E-state index is 0.00684. The zero-order chi connectivity index (χ0) is 41.5. The zero-order valence-electron chi connectivity index (χ0n) is 33.8. The number of amides is 4. The molecule has 2 heterocycles. The van der Waals surface area contributed by atoms with Gasteiger partial charge in [-0.25, -0.2) is 4.98 Å². The predicted molar refractivity (Wildman–Crippen MR) is 219 cm³/mol. The Hall–Kier alpha value is -4.25. The molecule has 3 aromatic rings. The number of aromatic nitrogens is 1. The number of ether oxygens (including phenoxy) is 3. The summed E-state index contributed by atoms with van der Waals surface area (Å²) in [5.41, 5.74) is 17.5. The Morgan fingerprint density at radius 2 is 1.67 bits per heavy atom. The van der Waals surface area contributed by atoms with Gasteiger partial charge in [-0.3, -0.25) is 19.2 Å². The number of nitrogens with one attached hydrogen (secondary N) is 2. The van der Waals surface area contributed by atoms with Crippen molar-refractivity contribution in [2.75, 3.05) is 33.0 Å². The van der Waals surface area contributed by atoms with Crippen molar-refractivity contribution in [1.82, 2.24) is 20.5 Å². The Morgan fingerprint density at radius 1 is 1.00 bits per heavy atom. The van der Waals surface area contributed by atoms with Crippen molar-refractivity contribution >= 4 is 35.0 Å². The Balaban J connectivity index is 1.14. The molecule has 312 valence electrons. The van der Waals surface area contributed by atoms with Crippen molar-refractivity contribution in [2.45, 2.75) is 110 Å². The largest absolute Gasteiger partial charge is 0.391 e. The highest BCUT2D eigenvalue weighted by Crippen LogP contribution is 2.28. The standard InChI is InChI=1S/C42H60N6O8S/c1-27-38(57-26-46-27)32-14-12-30(13-15-32)22-45-40(52)35-21-33(49)23-48(35)41(53)39(42(3,4)5)47-37(51)25-55-20-19-54-18-6-7-29-8-10-31(11-9-29)24-56-28(2)34(43)16-17-36(44)50/h8-15,26,28,33-35,39,49H,6-7,16-25,43H2,1-5H3,(H2,44,50)(H,45,52)(H,47,51)/t28-,33-,34+,35+,39-/m1/s1. The number of hydrogen-bond donors (Lipinski definition) is 5. The molecular formula is C42H60N6O8S. The number of carbonyl (C=O) groups is 4. The van der Waals surface area contributed by atoms with Crippen LogP contribution in [0.5, 0.6) is 0 Å². The molecule has 0 radical (unpaired) electrons. The molecule has 4 rings (SSSR count). The van der Waals surface area contributed by atoms with E-state index in [-0.39, 0.29) is 63.1 Å². The number of rotatable bonds is 22. The zero-order valence-corrected chi connectivity index (χ0v) is 34.6. The first-order valence-electron chi connectivity index (χ1n) is 19.6. The van der Waals surface area contributed by atoms with Crippen LogP contribution in [-0.4, -0.2) is 102 Å². The van der Waals surface area contributed by atoms with Crippen LogP contribution in [0.25, 0.3) is 10.4 Å². The van der Waals surface area contributed by atoms with Gasteiger partial charge >= 0.3 is 0 Å². The number of aliphatic hydroxyl groups excluding tert-OH is 1. The molecule has 57 heavy (non-hydrogen) atoms. The monoisotopic (exact) mass is 808 g/mol. The smallest absolute Gasteiger partial charge is 0.246 e. The minimum Gasteiger partial charge on any atom is -0.391 e. The molecule has 4 amide bonds. The van der Waals surface area contributed by atoms with E-state index in [1.807, 2.05) is 76.5 Å². The molecule has 7 N–H and O–H groups in total. The van der Waals surface area contributed by atoms with E-state index in [0.717, 1.165) is 40.1 Å². The van der Waals surface area contributed by atoms with Crippen LogP contribution in [0.1, 0.15) is 75.8 Å². The molecule has 0 spiro atoms. The van der Waals surface area contributed by atoms with E-state index in [9.17, 15) is 24.3 Å². The van der Waals surface area contributed by atoms with Crippen LogP contribution in [0.15, 0.2) is 54.0 Å². The van der Waals surface area contributed by atoms with Crippen molar-refractivity contribution in [3.05, 3.63) is 76.4 Å². The number of aryl methyl sites for hydroxylation is 2. The van der Waals surface area contributed by atoms with E-state index in [4.69, 9.17) is 25.7 Å². The van der Waals surface area contributed by atoms with E-state index in [1.54, 1.807) is 11.3 Å². The second kappa shape index (κ2) is 22.0. The van der Waals surface area contributed by atoms with Crippen LogP contribution < -0.4 is 22.1 Å². The van der Waals surface area contributed by atoms with Gasteiger partial charge in [-0.2, -0.15) is 0 Å². The molecule has 1 aliphatic heterocycles. The first-order valence-corrected chi connectivity index (χ1v) is 20.4. The summed E-state index contributed by atoms with van der Waals surface area (Å²) in [5.74, 6) is -1.63. The van der Waals surface area contributed by atoms with Crippen molar-refractivity contribution in [3.8, 4) is 10.4 Å². The van der Waals surface area contributed by atoms with E-state index >= 15 is 0 Å². The van der Waals surface area contributed by atoms with E-state index in [0.29, 0.717) is 26.2 Å². The third-order valence-electron chi connectivity index (χ3n) is 9.93. The normalized spacial score (nSPS) is 17.2. The second-order valence-corrected chi connectivity index (χ2v) is 16.6. The molecular weight excluding hydrogens is 749 g/mol. The number of benzene rings is 2. The summed E-state index contributed by atoms with van der Waals surface area (Å²) in [5, 5.41) is 16.2. The maximum absolute atomic E-state index is 13.9. The van der Waals surface area contributed by atoms with E-state index in [1.165, 1.54) is 10.5 Å². The van der Waals surface area contributed by atoms with Crippen LogP contribution in [-0.2, 0) is 53.0 Å². The van der Waals surface area contributed by atoms with Gasteiger partial charge in [-0.05, 0) is 60.8 Å². The van der Waals surface area contributed by atoms with Gasteiger partial charge in [-0.1, -0.05) is 69.3 Å². The third-order valence-corrected chi connectivity index (χ3v) is 10.9. The van der Waals surface area contributed by atoms with Gasteiger partial charge in [0, 0.05) is 38.6 Å². The SMILES string of the molecule is Cc1ncsc1-c1ccc(CNC(=O)[C@@H]2C[C@@H](O)CN2C(=O)[C@@H](NC(=O)COCCOCCCc2ccc(CO[C@H](C)[C@@H](N)CCC(N)=O)cc2)C(C)(C)C)cc1. The van der Waals surface area contributed by atoms with Gasteiger partial charge in [0.05, 0.1) is 48.1 Å². The first kappa shape index (κ1) is 45.5. The van der Waals surface area contributed by atoms with Gasteiger partial charge < -0.3 is 46.3 Å².